The minimum absolute atomic E-state index is 0.0246. The van der Waals surface area contributed by atoms with Crippen molar-refractivity contribution >= 4 is 5.91 Å². The molecule has 1 spiro atoms. The molecular weight excluding hydrogens is 322 g/mol. The molecule has 2 aliphatic rings. The summed E-state index contributed by atoms with van der Waals surface area (Å²) < 4.78 is 0. The molecule has 3 nitrogen and oxygen atoms in total. The van der Waals surface area contributed by atoms with Crippen molar-refractivity contribution in [1.82, 2.24) is 4.90 Å². The summed E-state index contributed by atoms with van der Waals surface area (Å²) in [6.45, 7) is 10.5. The van der Waals surface area contributed by atoms with Gasteiger partial charge in [0.15, 0.2) is 0 Å². The third kappa shape index (κ3) is 3.83. The standard InChI is InChI=1S/C23H35NO2/c1-5-17(16-25)21(26)24-11-9-23(10-12-24)14-19(15-23)18-7-6-8-20(13-18)22(2,3)4/h6-8,13,17,19,25H,5,9-12,14-16H2,1-4H3/t17-/m1/s1. The molecule has 0 bridgehead atoms. The summed E-state index contributed by atoms with van der Waals surface area (Å²) in [7, 11) is 0. The van der Waals surface area contributed by atoms with Crippen molar-refractivity contribution in [2.75, 3.05) is 19.7 Å². The molecule has 2 fully saturated rings. The monoisotopic (exact) mass is 357 g/mol. The summed E-state index contributed by atoms with van der Waals surface area (Å²) >= 11 is 0. The van der Waals surface area contributed by atoms with Gasteiger partial charge >= 0.3 is 0 Å². The molecule has 1 N–H and O–H groups in total. The van der Waals surface area contributed by atoms with E-state index in [2.05, 4.69) is 45.0 Å². The van der Waals surface area contributed by atoms with Gasteiger partial charge in [-0.1, -0.05) is 52.0 Å². The molecule has 1 saturated heterocycles. The van der Waals surface area contributed by atoms with Crippen LogP contribution in [0.3, 0.4) is 0 Å². The van der Waals surface area contributed by atoms with E-state index < -0.39 is 0 Å². The Hall–Kier alpha value is -1.35. The third-order valence-corrected chi connectivity index (χ3v) is 6.78. The molecule has 26 heavy (non-hydrogen) atoms. The predicted octanol–water partition coefficient (Wildman–Crippen LogP) is 4.49. The van der Waals surface area contributed by atoms with Gasteiger partial charge in [0.1, 0.15) is 0 Å². The van der Waals surface area contributed by atoms with E-state index >= 15 is 0 Å². The van der Waals surface area contributed by atoms with E-state index in [1.165, 1.54) is 24.0 Å². The number of aliphatic hydroxyl groups excluding tert-OH is 1. The second-order valence-electron chi connectivity index (χ2n) is 9.59. The Bertz CT molecular complexity index is 626. The van der Waals surface area contributed by atoms with Gasteiger partial charge in [-0.05, 0) is 60.0 Å². The zero-order chi connectivity index (χ0) is 18.9. The zero-order valence-corrected chi connectivity index (χ0v) is 16.9. The summed E-state index contributed by atoms with van der Waals surface area (Å²) in [4.78, 5) is 14.5. The van der Waals surface area contributed by atoms with Crippen LogP contribution in [0.5, 0.6) is 0 Å². The summed E-state index contributed by atoms with van der Waals surface area (Å²) in [5.41, 5.74) is 3.56. The molecule has 1 heterocycles. The molecule has 3 heteroatoms. The fourth-order valence-corrected chi connectivity index (χ4v) is 4.73. The van der Waals surface area contributed by atoms with Crippen LogP contribution >= 0.6 is 0 Å². The lowest BCUT2D eigenvalue weighted by molar-refractivity contribution is -0.140. The average molecular weight is 358 g/mol. The maximum absolute atomic E-state index is 12.5. The molecule has 0 unspecified atom stereocenters. The van der Waals surface area contributed by atoms with Gasteiger partial charge in [0, 0.05) is 13.1 Å². The van der Waals surface area contributed by atoms with E-state index in [0.29, 0.717) is 11.3 Å². The number of carbonyl (C=O) groups excluding carboxylic acids is 1. The Balaban J connectivity index is 1.57. The number of hydrogen-bond donors (Lipinski definition) is 1. The molecule has 1 aliphatic carbocycles. The van der Waals surface area contributed by atoms with Crippen molar-refractivity contribution in [2.45, 2.75) is 71.1 Å². The summed E-state index contributed by atoms with van der Waals surface area (Å²) in [5.74, 6) is 0.623. The van der Waals surface area contributed by atoms with Crippen LogP contribution in [-0.2, 0) is 10.2 Å². The van der Waals surface area contributed by atoms with Gasteiger partial charge in [0.2, 0.25) is 5.91 Å². The van der Waals surface area contributed by atoms with Crippen LogP contribution in [0, 0.1) is 11.3 Å². The average Bonchev–Trinajstić information content (AvgIpc) is 2.60. The first-order valence-corrected chi connectivity index (χ1v) is 10.3. The van der Waals surface area contributed by atoms with Gasteiger partial charge in [-0.2, -0.15) is 0 Å². The molecule has 1 atom stereocenters. The molecule has 0 aromatic heterocycles. The van der Waals surface area contributed by atoms with Crippen LogP contribution in [-0.4, -0.2) is 35.6 Å². The molecule has 0 radical (unpaired) electrons. The number of likely N-dealkylation sites (tertiary alicyclic amines) is 1. The molecular formula is C23H35NO2. The third-order valence-electron chi connectivity index (χ3n) is 6.78. The highest BCUT2D eigenvalue weighted by molar-refractivity contribution is 5.79. The highest BCUT2D eigenvalue weighted by Crippen LogP contribution is 2.56. The van der Waals surface area contributed by atoms with E-state index in [9.17, 15) is 9.90 Å². The Morgan fingerprint density at radius 2 is 1.92 bits per heavy atom. The van der Waals surface area contributed by atoms with Gasteiger partial charge in [-0.3, -0.25) is 4.79 Å². The van der Waals surface area contributed by atoms with E-state index in [-0.39, 0.29) is 23.8 Å². The van der Waals surface area contributed by atoms with Crippen LogP contribution in [0.15, 0.2) is 24.3 Å². The fraction of sp³-hybridized carbons (Fsp3) is 0.696. The van der Waals surface area contributed by atoms with Crippen LogP contribution < -0.4 is 0 Å². The number of piperidine rings is 1. The first kappa shape index (κ1) is 19.4. The first-order valence-electron chi connectivity index (χ1n) is 10.3. The van der Waals surface area contributed by atoms with Gasteiger partial charge < -0.3 is 10.0 Å². The van der Waals surface area contributed by atoms with Crippen molar-refractivity contribution in [1.29, 1.82) is 0 Å². The van der Waals surface area contributed by atoms with Gasteiger partial charge in [0.25, 0.3) is 0 Å². The predicted molar refractivity (Wildman–Crippen MR) is 106 cm³/mol. The largest absolute Gasteiger partial charge is 0.396 e. The maximum Gasteiger partial charge on any atom is 0.227 e. The zero-order valence-electron chi connectivity index (χ0n) is 16.9. The molecule has 1 aromatic rings. The Morgan fingerprint density at radius 1 is 1.27 bits per heavy atom. The van der Waals surface area contributed by atoms with Crippen molar-refractivity contribution in [3.05, 3.63) is 35.4 Å². The van der Waals surface area contributed by atoms with Gasteiger partial charge in [-0.15, -0.1) is 0 Å². The van der Waals surface area contributed by atoms with Gasteiger partial charge in [-0.25, -0.2) is 0 Å². The fourth-order valence-electron chi connectivity index (χ4n) is 4.73. The van der Waals surface area contributed by atoms with Crippen LogP contribution in [0.2, 0.25) is 0 Å². The maximum atomic E-state index is 12.5. The van der Waals surface area contributed by atoms with E-state index in [4.69, 9.17) is 0 Å². The highest BCUT2D eigenvalue weighted by atomic mass is 16.3. The molecule has 1 saturated carbocycles. The summed E-state index contributed by atoms with van der Waals surface area (Å²) in [5, 5.41) is 9.38. The quantitative estimate of drug-likeness (QED) is 0.862. The number of aliphatic hydroxyl groups is 1. The minimum Gasteiger partial charge on any atom is -0.396 e. The highest BCUT2D eigenvalue weighted by Gasteiger charge is 2.47. The topological polar surface area (TPSA) is 40.5 Å². The van der Waals surface area contributed by atoms with Crippen molar-refractivity contribution in [3.8, 4) is 0 Å². The SMILES string of the molecule is CC[C@H](CO)C(=O)N1CCC2(CC1)CC(c1cccc(C(C)(C)C)c1)C2. The number of nitrogens with zero attached hydrogens (tertiary/aromatic N) is 1. The molecule has 3 rings (SSSR count). The lowest BCUT2D eigenvalue weighted by Crippen LogP contribution is -2.49. The summed E-state index contributed by atoms with van der Waals surface area (Å²) in [6.07, 6.45) is 5.50. The second-order valence-corrected chi connectivity index (χ2v) is 9.59. The lowest BCUT2D eigenvalue weighted by Gasteiger charge is -2.53. The number of benzene rings is 1. The van der Waals surface area contributed by atoms with Crippen molar-refractivity contribution in [2.24, 2.45) is 11.3 Å². The minimum atomic E-state index is -0.210. The second kappa shape index (κ2) is 7.34. The first-order chi connectivity index (χ1) is 12.3. The number of amides is 1. The van der Waals surface area contributed by atoms with E-state index in [1.54, 1.807) is 0 Å². The summed E-state index contributed by atoms with van der Waals surface area (Å²) in [6, 6.07) is 9.15. The number of hydrogen-bond acceptors (Lipinski definition) is 2. The Morgan fingerprint density at radius 3 is 2.46 bits per heavy atom. The van der Waals surface area contributed by atoms with E-state index in [1.807, 2.05) is 11.8 Å². The smallest absolute Gasteiger partial charge is 0.227 e. The number of carbonyl (C=O) groups is 1. The van der Waals surface area contributed by atoms with Crippen molar-refractivity contribution in [3.63, 3.8) is 0 Å². The lowest BCUT2D eigenvalue weighted by atomic mass is 9.56. The Kier molecular flexibility index (Phi) is 5.48. The van der Waals surface area contributed by atoms with E-state index in [0.717, 1.165) is 32.4 Å². The molecule has 144 valence electrons. The molecule has 1 aromatic carbocycles. The van der Waals surface area contributed by atoms with Crippen LogP contribution in [0.25, 0.3) is 0 Å². The normalized spacial score (nSPS) is 21.5. The molecule has 1 aliphatic heterocycles. The number of rotatable bonds is 4. The van der Waals surface area contributed by atoms with Crippen LogP contribution in [0.4, 0.5) is 0 Å². The van der Waals surface area contributed by atoms with Gasteiger partial charge in [0.05, 0.1) is 12.5 Å². The molecule has 1 amide bonds. The van der Waals surface area contributed by atoms with Crippen LogP contribution in [0.1, 0.15) is 76.8 Å². The Labute approximate surface area is 158 Å². The van der Waals surface area contributed by atoms with Crippen molar-refractivity contribution < 1.29 is 9.90 Å².